The summed E-state index contributed by atoms with van der Waals surface area (Å²) in [7, 11) is 0. The number of rotatable bonds is 4. The van der Waals surface area contributed by atoms with Crippen molar-refractivity contribution in [1.82, 2.24) is 15.2 Å². The Morgan fingerprint density at radius 3 is 2.42 bits per heavy atom. The highest BCUT2D eigenvalue weighted by Crippen LogP contribution is 2.22. The van der Waals surface area contributed by atoms with Crippen LogP contribution in [0.3, 0.4) is 0 Å². The van der Waals surface area contributed by atoms with Gasteiger partial charge in [0.15, 0.2) is 6.29 Å². The predicted molar refractivity (Wildman–Crippen MR) is 102 cm³/mol. The van der Waals surface area contributed by atoms with Gasteiger partial charge in [-0.05, 0) is 53.0 Å². The average molecular weight is 362 g/mol. The first-order chi connectivity index (χ1) is 12.1. The minimum Gasteiger partial charge on any atom is -0.444 e. The maximum Gasteiger partial charge on any atom is 0.410 e. The number of aryl methyl sites for hydroxylation is 1. The van der Waals surface area contributed by atoms with E-state index in [4.69, 9.17) is 10.5 Å². The SMILES string of the molecule is Cc1[nH]c(C=O)c(C)c1/C(N)=C/NC1CCN(C(=O)OC(C)(C)C)CC1. The normalized spacial score (nSPS) is 16.5. The summed E-state index contributed by atoms with van der Waals surface area (Å²) in [6, 6.07) is 0.248. The van der Waals surface area contributed by atoms with E-state index in [-0.39, 0.29) is 12.1 Å². The van der Waals surface area contributed by atoms with Gasteiger partial charge in [0, 0.05) is 36.6 Å². The van der Waals surface area contributed by atoms with Crippen LogP contribution < -0.4 is 11.1 Å². The van der Waals surface area contributed by atoms with E-state index in [1.54, 1.807) is 11.1 Å². The Kier molecular flexibility index (Phi) is 6.00. The minimum atomic E-state index is -0.476. The molecule has 1 aliphatic heterocycles. The molecule has 2 heterocycles. The van der Waals surface area contributed by atoms with E-state index in [9.17, 15) is 9.59 Å². The van der Waals surface area contributed by atoms with Gasteiger partial charge in [-0.15, -0.1) is 0 Å². The van der Waals surface area contributed by atoms with Crippen molar-refractivity contribution < 1.29 is 14.3 Å². The quantitative estimate of drug-likeness (QED) is 0.715. The number of hydrogen-bond donors (Lipinski definition) is 3. The van der Waals surface area contributed by atoms with Gasteiger partial charge >= 0.3 is 6.09 Å². The molecule has 4 N–H and O–H groups in total. The summed E-state index contributed by atoms with van der Waals surface area (Å²) in [4.78, 5) is 27.9. The molecule has 0 saturated carbocycles. The summed E-state index contributed by atoms with van der Waals surface area (Å²) in [5, 5.41) is 3.34. The summed E-state index contributed by atoms with van der Waals surface area (Å²) in [5.41, 5.74) is 9.48. The van der Waals surface area contributed by atoms with Gasteiger partial charge in [0.05, 0.1) is 11.4 Å². The van der Waals surface area contributed by atoms with Crippen LogP contribution in [0.1, 0.15) is 60.9 Å². The van der Waals surface area contributed by atoms with Crippen LogP contribution in [-0.2, 0) is 4.74 Å². The first-order valence-electron chi connectivity index (χ1n) is 8.96. The van der Waals surface area contributed by atoms with E-state index in [1.807, 2.05) is 34.6 Å². The Hall–Kier alpha value is -2.44. The number of piperidine rings is 1. The monoisotopic (exact) mass is 362 g/mol. The van der Waals surface area contributed by atoms with Crippen molar-refractivity contribution in [2.24, 2.45) is 5.73 Å². The lowest BCUT2D eigenvalue weighted by atomic mass is 10.0. The number of aromatic nitrogens is 1. The van der Waals surface area contributed by atoms with Crippen LogP contribution in [0.15, 0.2) is 6.20 Å². The second-order valence-corrected chi connectivity index (χ2v) is 7.79. The van der Waals surface area contributed by atoms with Gasteiger partial charge in [0.25, 0.3) is 0 Å². The zero-order valence-electron chi connectivity index (χ0n) is 16.3. The average Bonchev–Trinajstić information content (AvgIpc) is 2.85. The van der Waals surface area contributed by atoms with Crippen LogP contribution in [0.25, 0.3) is 5.70 Å². The van der Waals surface area contributed by atoms with Crippen molar-refractivity contribution >= 4 is 18.1 Å². The first kappa shape index (κ1) is 19.9. The number of likely N-dealkylation sites (tertiary alicyclic amines) is 1. The van der Waals surface area contributed by atoms with E-state index in [0.717, 1.165) is 35.9 Å². The molecule has 1 aliphatic rings. The van der Waals surface area contributed by atoms with Gasteiger partial charge in [-0.25, -0.2) is 4.79 Å². The van der Waals surface area contributed by atoms with E-state index >= 15 is 0 Å². The summed E-state index contributed by atoms with van der Waals surface area (Å²) in [5.74, 6) is 0. The van der Waals surface area contributed by atoms with Gasteiger partial charge < -0.3 is 25.7 Å². The fourth-order valence-corrected chi connectivity index (χ4v) is 3.16. The van der Waals surface area contributed by atoms with Gasteiger partial charge in [-0.2, -0.15) is 0 Å². The number of amides is 1. The molecule has 2 rings (SSSR count). The number of hydrogen-bond acceptors (Lipinski definition) is 5. The predicted octanol–water partition coefficient (Wildman–Crippen LogP) is 2.69. The smallest absolute Gasteiger partial charge is 0.410 e. The molecular weight excluding hydrogens is 332 g/mol. The molecule has 1 aromatic rings. The van der Waals surface area contributed by atoms with Gasteiger partial charge in [-0.1, -0.05) is 0 Å². The fourth-order valence-electron chi connectivity index (χ4n) is 3.16. The number of aromatic amines is 1. The highest BCUT2D eigenvalue weighted by Gasteiger charge is 2.26. The first-order valence-corrected chi connectivity index (χ1v) is 8.96. The number of nitrogens with one attached hydrogen (secondary N) is 2. The Labute approximate surface area is 155 Å². The number of nitrogens with two attached hydrogens (primary N) is 1. The molecule has 1 aromatic heterocycles. The van der Waals surface area contributed by atoms with E-state index in [1.165, 1.54) is 0 Å². The maximum atomic E-state index is 12.1. The second kappa shape index (κ2) is 7.85. The summed E-state index contributed by atoms with van der Waals surface area (Å²) in [6.45, 7) is 10.7. The summed E-state index contributed by atoms with van der Waals surface area (Å²) >= 11 is 0. The van der Waals surface area contributed by atoms with E-state index in [2.05, 4.69) is 10.3 Å². The molecule has 0 aromatic carbocycles. The Bertz CT molecular complexity index is 692. The number of ether oxygens (including phenoxy) is 1. The Balaban J connectivity index is 1.92. The lowest BCUT2D eigenvalue weighted by Crippen LogP contribution is -2.45. The van der Waals surface area contributed by atoms with Crippen LogP contribution >= 0.6 is 0 Å². The zero-order valence-corrected chi connectivity index (χ0v) is 16.3. The fraction of sp³-hybridized carbons (Fsp3) is 0.579. The van der Waals surface area contributed by atoms with E-state index < -0.39 is 5.60 Å². The molecule has 0 aliphatic carbocycles. The van der Waals surface area contributed by atoms with Crippen molar-refractivity contribution in [3.05, 3.63) is 28.7 Å². The van der Waals surface area contributed by atoms with Crippen LogP contribution in [0.4, 0.5) is 4.79 Å². The third-order valence-corrected chi connectivity index (χ3v) is 4.50. The number of carbonyl (C=O) groups is 2. The highest BCUT2D eigenvalue weighted by molar-refractivity contribution is 5.80. The molecule has 0 bridgehead atoms. The molecule has 7 heteroatoms. The molecule has 1 fully saturated rings. The van der Waals surface area contributed by atoms with Crippen molar-refractivity contribution in [3.8, 4) is 0 Å². The lowest BCUT2D eigenvalue weighted by molar-refractivity contribution is 0.0201. The number of aldehydes is 1. The van der Waals surface area contributed by atoms with Crippen molar-refractivity contribution in [1.29, 1.82) is 0 Å². The third-order valence-electron chi connectivity index (χ3n) is 4.50. The third kappa shape index (κ3) is 4.80. The summed E-state index contributed by atoms with van der Waals surface area (Å²) in [6.07, 6.45) is 4.00. The van der Waals surface area contributed by atoms with Crippen molar-refractivity contribution in [2.45, 2.75) is 59.1 Å². The minimum absolute atomic E-state index is 0.248. The standard InChI is InChI=1S/C19H30N4O3/c1-12-16(11-24)22-13(2)17(12)15(20)10-21-14-6-8-23(9-7-14)18(25)26-19(3,4)5/h10-11,14,21-22H,6-9,20H2,1-5H3/b15-10-. The van der Waals surface area contributed by atoms with Gasteiger partial charge in [0.1, 0.15) is 5.60 Å². The van der Waals surface area contributed by atoms with Crippen LogP contribution in [0, 0.1) is 13.8 Å². The molecule has 1 amide bonds. The van der Waals surface area contributed by atoms with Crippen LogP contribution in [0.5, 0.6) is 0 Å². The topological polar surface area (TPSA) is 100 Å². The zero-order chi connectivity index (χ0) is 19.5. The second-order valence-electron chi connectivity index (χ2n) is 7.79. The molecule has 1 saturated heterocycles. The molecule has 0 atom stereocenters. The Morgan fingerprint density at radius 1 is 1.31 bits per heavy atom. The number of H-pyrrole nitrogens is 1. The van der Waals surface area contributed by atoms with E-state index in [0.29, 0.717) is 24.5 Å². The largest absolute Gasteiger partial charge is 0.444 e. The molecule has 7 nitrogen and oxygen atoms in total. The van der Waals surface area contributed by atoms with Gasteiger partial charge in [0.2, 0.25) is 0 Å². The molecule has 0 unspecified atom stereocenters. The molecule has 0 radical (unpaired) electrons. The molecule has 144 valence electrons. The highest BCUT2D eigenvalue weighted by atomic mass is 16.6. The summed E-state index contributed by atoms with van der Waals surface area (Å²) < 4.78 is 5.41. The molecule has 26 heavy (non-hydrogen) atoms. The number of carbonyl (C=O) groups excluding carboxylic acids is 2. The maximum absolute atomic E-state index is 12.1. The van der Waals surface area contributed by atoms with Crippen LogP contribution in [-0.4, -0.2) is 47.0 Å². The Morgan fingerprint density at radius 2 is 1.92 bits per heavy atom. The van der Waals surface area contributed by atoms with Crippen molar-refractivity contribution in [2.75, 3.05) is 13.1 Å². The molecule has 0 spiro atoms. The molecular formula is C19H30N4O3. The van der Waals surface area contributed by atoms with Gasteiger partial charge in [-0.3, -0.25) is 4.79 Å². The number of nitrogens with zero attached hydrogens (tertiary/aromatic N) is 1. The van der Waals surface area contributed by atoms with Crippen molar-refractivity contribution in [3.63, 3.8) is 0 Å². The van der Waals surface area contributed by atoms with Crippen LogP contribution in [0.2, 0.25) is 0 Å². The lowest BCUT2D eigenvalue weighted by Gasteiger charge is -2.33.